The highest BCUT2D eigenvalue weighted by Gasteiger charge is 2.03. The van der Waals surface area contributed by atoms with E-state index in [2.05, 4.69) is 25.7 Å². The summed E-state index contributed by atoms with van der Waals surface area (Å²) in [5.41, 5.74) is 6.14. The van der Waals surface area contributed by atoms with Crippen LogP contribution in [0.1, 0.15) is 11.5 Å². The second kappa shape index (κ2) is 3.50. The molecule has 0 atom stereocenters. The first-order valence-electron chi connectivity index (χ1n) is 4.10. The highest BCUT2D eigenvalue weighted by Crippen LogP contribution is 1.94. The zero-order chi connectivity index (χ0) is 9.97. The SMILES string of the molecule is Cn1nnc(Cn2cc(CN)nn2)n1. The Morgan fingerprint density at radius 2 is 2.21 bits per heavy atom. The smallest absolute Gasteiger partial charge is 0.196 e. The molecular weight excluding hydrogens is 184 g/mol. The first kappa shape index (κ1) is 8.75. The first-order chi connectivity index (χ1) is 6.78. The van der Waals surface area contributed by atoms with E-state index in [1.54, 1.807) is 17.9 Å². The number of nitrogens with two attached hydrogens (primary N) is 1. The third-order valence-corrected chi connectivity index (χ3v) is 1.65. The second-order valence-electron chi connectivity index (χ2n) is 2.81. The van der Waals surface area contributed by atoms with Crippen LogP contribution in [0, 0.1) is 0 Å². The topological polar surface area (TPSA) is 100 Å². The molecule has 0 radical (unpaired) electrons. The Bertz CT molecular complexity index is 415. The minimum absolute atomic E-state index is 0.383. The summed E-state index contributed by atoms with van der Waals surface area (Å²) in [5, 5.41) is 19.3. The number of hydrogen-bond donors (Lipinski definition) is 1. The average Bonchev–Trinajstić information content (AvgIpc) is 2.76. The molecule has 2 N–H and O–H groups in total. The molecule has 0 saturated heterocycles. The molecule has 0 unspecified atom stereocenters. The lowest BCUT2D eigenvalue weighted by Gasteiger charge is -1.91. The lowest BCUT2D eigenvalue weighted by Crippen LogP contribution is -2.03. The molecule has 0 aliphatic rings. The monoisotopic (exact) mass is 194 g/mol. The van der Waals surface area contributed by atoms with E-state index in [1.807, 2.05) is 0 Å². The number of nitrogens with zero attached hydrogens (tertiary/aromatic N) is 7. The van der Waals surface area contributed by atoms with Crippen LogP contribution in [-0.4, -0.2) is 35.2 Å². The average molecular weight is 194 g/mol. The Labute approximate surface area is 79.7 Å². The fourth-order valence-electron chi connectivity index (χ4n) is 1.04. The van der Waals surface area contributed by atoms with E-state index in [1.165, 1.54) is 4.80 Å². The molecule has 8 heteroatoms. The molecule has 0 saturated carbocycles. The molecule has 0 spiro atoms. The quantitative estimate of drug-likeness (QED) is 0.625. The number of rotatable bonds is 3. The molecule has 74 valence electrons. The Balaban J connectivity index is 2.10. The zero-order valence-corrected chi connectivity index (χ0v) is 7.70. The lowest BCUT2D eigenvalue weighted by atomic mass is 10.5. The molecule has 2 aromatic heterocycles. The van der Waals surface area contributed by atoms with Gasteiger partial charge in [-0.25, -0.2) is 4.68 Å². The van der Waals surface area contributed by atoms with Crippen LogP contribution in [0.15, 0.2) is 6.20 Å². The summed E-state index contributed by atoms with van der Waals surface area (Å²) in [6.45, 7) is 0.842. The van der Waals surface area contributed by atoms with Crippen molar-refractivity contribution in [1.82, 2.24) is 35.2 Å². The van der Waals surface area contributed by atoms with Crippen molar-refractivity contribution in [1.29, 1.82) is 0 Å². The molecule has 0 aliphatic heterocycles. The van der Waals surface area contributed by atoms with Gasteiger partial charge in [0.25, 0.3) is 0 Å². The van der Waals surface area contributed by atoms with Gasteiger partial charge < -0.3 is 5.73 Å². The predicted octanol–water partition coefficient (Wildman–Crippen LogP) is -1.69. The largest absolute Gasteiger partial charge is 0.325 e. The summed E-state index contributed by atoms with van der Waals surface area (Å²) in [5.74, 6) is 0.598. The Kier molecular flexibility index (Phi) is 2.19. The number of hydrogen-bond acceptors (Lipinski definition) is 6. The second-order valence-corrected chi connectivity index (χ2v) is 2.81. The van der Waals surface area contributed by atoms with E-state index in [0.717, 1.165) is 5.69 Å². The van der Waals surface area contributed by atoms with Gasteiger partial charge in [-0.3, -0.25) is 0 Å². The molecule has 0 amide bonds. The van der Waals surface area contributed by atoms with Crippen molar-refractivity contribution in [3.8, 4) is 0 Å². The van der Waals surface area contributed by atoms with Gasteiger partial charge in [0.1, 0.15) is 6.54 Å². The highest BCUT2D eigenvalue weighted by molar-refractivity contribution is 4.92. The standard InChI is InChI=1S/C6H10N8/c1-13-10-6(9-11-13)4-14-3-5(2-7)8-12-14/h3H,2,4,7H2,1H3. The molecule has 2 aromatic rings. The Hall–Kier alpha value is -1.83. The maximum Gasteiger partial charge on any atom is 0.196 e. The van der Waals surface area contributed by atoms with Crippen molar-refractivity contribution in [2.24, 2.45) is 12.8 Å². The van der Waals surface area contributed by atoms with Gasteiger partial charge >= 0.3 is 0 Å². The Morgan fingerprint density at radius 1 is 1.36 bits per heavy atom. The maximum atomic E-state index is 5.40. The molecule has 0 fully saturated rings. The summed E-state index contributed by atoms with van der Waals surface area (Å²) in [6, 6.07) is 0. The van der Waals surface area contributed by atoms with E-state index < -0.39 is 0 Å². The van der Waals surface area contributed by atoms with Crippen molar-refractivity contribution in [3.05, 3.63) is 17.7 Å². The van der Waals surface area contributed by atoms with E-state index in [9.17, 15) is 0 Å². The molecule has 0 aliphatic carbocycles. The van der Waals surface area contributed by atoms with Gasteiger partial charge in [0.2, 0.25) is 0 Å². The molecule has 2 heterocycles. The van der Waals surface area contributed by atoms with Crippen molar-refractivity contribution < 1.29 is 0 Å². The van der Waals surface area contributed by atoms with Gasteiger partial charge in [0.15, 0.2) is 5.82 Å². The van der Waals surface area contributed by atoms with Crippen LogP contribution >= 0.6 is 0 Å². The van der Waals surface area contributed by atoms with Crippen LogP contribution in [0.4, 0.5) is 0 Å². The molecular formula is C6H10N8. The van der Waals surface area contributed by atoms with Crippen LogP contribution in [0.25, 0.3) is 0 Å². The van der Waals surface area contributed by atoms with Gasteiger partial charge in [-0.2, -0.15) is 4.80 Å². The van der Waals surface area contributed by atoms with Gasteiger partial charge in [-0.05, 0) is 5.21 Å². The molecule has 0 aromatic carbocycles. The first-order valence-corrected chi connectivity index (χ1v) is 4.10. The number of tetrazole rings is 1. The van der Waals surface area contributed by atoms with Crippen LogP contribution in [0.3, 0.4) is 0 Å². The summed E-state index contributed by atoms with van der Waals surface area (Å²) < 4.78 is 1.62. The van der Waals surface area contributed by atoms with Gasteiger partial charge in [-0.15, -0.1) is 15.3 Å². The summed E-state index contributed by atoms with van der Waals surface area (Å²) in [4.78, 5) is 1.40. The molecule has 14 heavy (non-hydrogen) atoms. The third-order valence-electron chi connectivity index (χ3n) is 1.65. The normalized spacial score (nSPS) is 10.7. The van der Waals surface area contributed by atoms with Crippen LogP contribution in [0.5, 0.6) is 0 Å². The van der Waals surface area contributed by atoms with E-state index in [4.69, 9.17) is 5.73 Å². The van der Waals surface area contributed by atoms with E-state index in [-0.39, 0.29) is 0 Å². The van der Waals surface area contributed by atoms with Crippen molar-refractivity contribution >= 4 is 0 Å². The molecule has 0 bridgehead atoms. The minimum Gasteiger partial charge on any atom is -0.325 e. The van der Waals surface area contributed by atoms with Crippen LogP contribution in [-0.2, 0) is 20.1 Å². The third kappa shape index (κ3) is 1.74. The molecule has 2 rings (SSSR count). The summed E-state index contributed by atoms with van der Waals surface area (Å²) in [7, 11) is 1.71. The fourth-order valence-corrected chi connectivity index (χ4v) is 1.04. The summed E-state index contributed by atoms with van der Waals surface area (Å²) in [6.07, 6.45) is 1.76. The zero-order valence-electron chi connectivity index (χ0n) is 7.70. The maximum absolute atomic E-state index is 5.40. The van der Waals surface area contributed by atoms with Crippen molar-refractivity contribution in [2.45, 2.75) is 13.1 Å². The predicted molar refractivity (Wildman–Crippen MR) is 45.8 cm³/mol. The van der Waals surface area contributed by atoms with Crippen LogP contribution in [0.2, 0.25) is 0 Å². The van der Waals surface area contributed by atoms with Crippen molar-refractivity contribution in [2.75, 3.05) is 0 Å². The van der Waals surface area contributed by atoms with Gasteiger partial charge in [-0.1, -0.05) is 5.21 Å². The Morgan fingerprint density at radius 3 is 2.79 bits per heavy atom. The highest BCUT2D eigenvalue weighted by atomic mass is 15.6. The van der Waals surface area contributed by atoms with Crippen molar-refractivity contribution in [3.63, 3.8) is 0 Å². The summed E-state index contributed by atoms with van der Waals surface area (Å²) >= 11 is 0. The van der Waals surface area contributed by atoms with E-state index in [0.29, 0.717) is 18.9 Å². The molecule has 8 nitrogen and oxygen atoms in total. The van der Waals surface area contributed by atoms with Gasteiger partial charge in [0.05, 0.1) is 18.9 Å². The van der Waals surface area contributed by atoms with Gasteiger partial charge in [0, 0.05) is 6.54 Å². The number of aromatic nitrogens is 7. The van der Waals surface area contributed by atoms with E-state index >= 15 is 0 Å². The lowest BCUT2D eigenvalue weighted by molar-refractivity contribution is 0.607. The number of aryl methyl sites for hydroxylation is 1. The van der Waals surface area contributed by atoms with Crippen LogP contribution < -0.4 is 5.73 Å². The fraction of sp³-hybridized carbons (Fsp3) is 0.500. The minimum atomic E-state index is 0.383.